The summed E-state index contributed by atoms with van der Waals surface area (Å²) in [7, 11) is 0. The van der Waals surface area contributed by atoms with Gasteiger partial charge in [-0.3, -0.25) is 4.90 Å². The molecule has 0 spiro atoms. The SMILES string of the molecule is CC(C)(C)OC(=O)N1CC(CCCCOCc2ccccc2)CC1C(=O)O. The van der Waals surface area contributed by atoms with E-state index in [2.05, 4.69) is 0 Å². The van der Waals surface area contributed by atoms with Gasteiger partial charge in [-0.05, 0) is 51.5 Å². The number of rotatable bonds is 8. The number of likely N-dealkylation sites (tertiary alicyclic amines) is 1. The van der Waals surface area contributed by atoms with Crippen LogP contribution in [0.4, 0.5) is 4.79 Å². The van der Waals surface area contributed by atoms with Crippen molar-refractivity contribution in [3.8, 4) is 0 Å². The monoisotopic (exact) mass is 377 g/mol. The minimum Gasteiger partial charge on any atom is -0.480 e. The van der Waals surface area contributed by atoms with Crippen LogP contribution in [-0.2, 0) is 20.9 Å². The van der Waals surface area contributed by atoms with Crippen molar-refractivity contribution in [2.24, 2.45) is 5.92 Å². The smallest absolute Gasteiger partial charge is 0.411 e. The summed E-state index contributed by atoms with van der Waals surface area (Å²) in [5.74, 6) is -0.776. The lowest BCUT2D eigenvalue weighted by Crippen LogP contribution is -2.43. The molecule has 0 aliphatic carbocycles. The molecule has 1 aromatic rings. The van der Waals surface area contributed by atoms with Crippen LogP contribution < -0.4 is 0 Å². The summed E-state index contributed by atoms with van der Waals surface area (Å²) < 4.78 is 11.0. The Bertz CT molecular complexity index is 611. The number of benzene rings is 1. The number of aliphatic carboxylic acids is 1. The van der Waals surface area contributed by atoms with E-state index >= 15 is 0 Å². The molecule has 1 aromatic carbocycles. The van der Waals surface area contributed by atoms with Gasteiger partial charge >= 0.3 is 12.1 Å². The fourth-order valence-corrected chi connectivity index (χ4v) is 3.29. The molecule has 0 radical (unpaired) electrons. The summed E-state index contributed by atoms with van der Waals surface area (Å²) in [6.07, 6.45) is 2.71. The molecular formula is C21H31NO5. The number of nitrogens with zero attached hydrogens (tertiary/aromatic N) is 1. The molecule has 1 amide bonds. The molecule has 2 unspecified atom stereocenters. The van der Waals surface area contributed by atoms with E-state index < -0.39 is 23.7 Å². The van der Waals surface area contributed by atoms with E-state index in [1.165, 1.54) is 4.90 Å². The predicted molar refractivity (Wildman–Crippen MR) is 102 cm³/mol. The summed E-state index contributed by atoms with van der Waals surface area (Å²) in [6.45, 7) is 7.07. The maximum Gasteiger partial charge on any atom is 0.411 e. The van der Waals surface area contributed by atoms with E-state index in [-0.39, 0.29) is 5.92 Å². The molecule has 6 heteroatoms. The Morgan fingerprint density at radius 1 is 1.19 bits per heavy atom. The second kappa shape index (κ2) is 9.74. The number of ether oxygens (including phenoxy) is 2. The molecule has 150 valence electrons. The molecule has 1 N–H and O–H groups in total. The van der Waals surface area contributed by atoms with Gasteiger partial charge in [0.15, 0.2) is 0 Å². The zero-order valence-electron chi connectivity index (χ0n) is 16.5. The minimum absolute atomic E-state index is 0.188. The van der Waals surface area contributed by atoms with Crippen molar-refractivity contribution < 1.29 is 24.2 Å². The summed E-state index contributed by atoms with van der Waals surface area (Å²) in [5, 5.41) is 9.43. The fourth-order valence-electron chi connectivity index (χ4n) is 3.29. The van der Waals surface area contributed by atoms with E-state index in [1.54, 1.807) is 20.8 Å². The molecule has 1 heterocycles. The Morgan fingerprint density at radius 2 is 1.89 bits per heavy atom. The molecule has 0 aromatic heterocycles. The van der Waals surface area contributed by atoms with Crippen molar-refractivity contribution in [1.82, 2.24) is 4.90 Å². The molecule has 1 aliphatic heterocycles. The predicted octanol–water partition coefficient (Wildman–Crippen LogP) is 4.08. The molecule has 0 saturated carbocycles. The lowest BCUT2D eigenvalue weighted by atomic mass is 9.99. The van der Waals surface area contributed by atoms with E-state index in [0.717, 1.165) is 24.8 Å². The summed E-state index contributed by atoms with van der Waals surface area (Å²) in [5.41, 5.74) is 0.527. The van der Waals surface area contributed by atoms with E-state index in [1.807, 2.05) is 30.3 Å². The zero-order valence-corrected chi connectivity index (χ0v) is 16.5. The highest BCUT2D eigenvalue weighted by Crippen LogP contribution is 2.29. The Labute approximate surface area is 161 Å². The first kappa shape index (κ1) is 21.2. The Morgan fingerprint density at radius 3 is 2.52 bits per heavy atom. The van der Waals surface area contributed by atoms with Gasteiger partial charge in [-0.15, -0.1) is 0 Å². The van der Waals surface area contributed by atoms with E-state index in [0.29, 0.717) is 26.2 Å². The normalized spacial score (nSPS) is 19.9. The van der Waals surface area contributed by atoms with Gasteiger partial charge in [0, 0.05) is 13.2 Å². The summed E-state index contributed by atoms with van der Waals surface area (Å²) >= 11 is 0. The second-order valence-electron chi connectivity index (χ2n) is 8.12. The van der Waals surface area contributed by atoms with Crippen molar-refractivity contribution in [3.05, 3.63) is 35.9 Å². The molecule has 1 aliphatic rings. The number of carbonyl (C=O) groups is 2. The number of carboxylic acid groups (broad SMARTS) is 1. The average molecular weight is 377 g/mol. The first-order valence-electron chi connectivity index (χ1n) is 9.60. The van der Waals surface area contributed by atoms with Gasteiger partial charge < -0.3 is 14.6 Å². The lowest BCUT2D eigenvalue weighted by Gasteiger charge is -2.26. The molecule has 2 rings (SSSR count). The van der Waals surface area contributed by atoms with Gasteiger partial charge in [0.05, 0.1) is 6.61 Å². The number of hydrogen-bond acceptors (Lipinski definition) is 4. The van der Waals surface area contributed by atoms with Crippen molar-refractivity contribution in [2.75, 3.05) is 13.2 Å². The van der Waals surface area contributed by atoms with Crippen LogP contribution in [0.3, 0.4) is 0 Å². The van der Waals surface area contributed by atoms with E-state index in [9.17, 15) is 14.7 Å². The Hall–Kier alpha value is -2.08. The van der Waals surface area contributed by atoms with Crippen molar-refractivity contribution in [1.29, 1.82) is 0 Å². The standard InChI is InChI=1S/C21H31NO5/c1-21(2,3)27-20(25)22-14-17(13-18(22)19(23)24)11-7-8-12-26-15-16-9-5-4-6-10-16/h4-6,9-10,17-18H,7-8,11-15H2,1-3H3,(H,23,24). The van der Waals surface area contributed by atoms with Crippen LogP contribution in [0.1, 0.15) is 52.0 Å². The van der Waals surface area contributed by atoms with Crippen LogP contribution >= 0.6 is 0 Å². The largest absolute Gasteiger partial charge is 0.480 e. The second-order valence-corrected chi connectivity index (χ2v) is 8.12. The van der Waals surface area contributed by atoms with Crippen LogP contribution in [-0.4, -0.2) is 46.9 Å². The molecule has 1 saturated heterocycles. The molecule has 27 heavy (non-hydrogen) atoms. The highest BCUT2D eigenvalue weighted by atomic mass is 16.6. The van der Waals surface area contributed by atoms with E-state index in [4.69, 9.17) is 9.47 Å². The lowest BCUT2D eigenvalue weighted by molar-refractivity contribution is -0.142. The highest BCUT2D eigenvalue weighted by molar-refractivity contribution is 5.81. The number of carbonyl (C=O) groups excluding carboxylic acids is 1. The van der Waals surface area contributed by atoms with Gasteiger partial charge in [-0.2, -0.15) is 0 Å². The van der Waals surface area contributed by atoms with Crippen LogP contribution in [0.25, 0.3) is 0 Å². The van der Waals surface area contributed by atoms with Crippen LogP contribution in [0, 0.1) is 5.92 Å². The molecule has 6 nitrogen and oxygen atoms in total. The highest BCUT2D eigenvalue weighted by Gasteiger charge is 2.41. The number of unbranched alkanes of at least 4 members (excludes halogenated alkanes) is 1. The van der Waals surface area contributed by atoms with Gasteiger partial charge in [0.2, 0.25) is 0 Å². The third kappa shape index (κ3) is 7.21. The fraction of sp³-hybridized carbons (Fsp3) is 0.619. The topological polar surface area (TPSA) is 76.1 Å². The van der Waals surface area contributed by atoms with Crippen molar-refractivity contribution >= 4 is 12.1 Å². The maximum absolute atomic E-state index is 12.3. The molecule has 1 fully saturated rings. The first-order chi connectivity index (χ1) is 12.8. The minimum atomic E-state index is -0.963. The molecule has 2 atom stereocenters. The third-order valence-electron chi connectivity index (χ3n) is 4.56. The van der Waals surface area contributed by atoms with Gasteiger partial charge in [-0.1, -0.05) is 36.8 Å². The zero-order chi connectivity index (χ0) is 19.9. The molecular weight excluding hydrogens is 346 g/mol. The maximum atomic E-state index is 12.3. The summed E-state index contributed by atoms with van der Waals surface area (Å²) in [4.78, 5) is 25.2. The van der Waals surface area contributed by atoms with Crippen LogP contribution in [0.15, 0.2) is 30.3 Å². The Kier molecular flexibility index (Phi) is 7.66. The van der Waals surface area contributed by atoms with Gasteiger partial charge in [-0.25, -0.2) is 9.59 Å². The average Bonchev–Trinajstić information content (AvgIpc) is 3.02. The number of hydrogen-bond donors (Lipinski definition) is 1. The Balaban J connectivity index is 1.70. The summed E-state index contributed by atoms with van der Waals surface area (Å²) in [6, 6.07) is 9.25. The van der Waals surface area contributed by atoms with Crippen molar-refractivity contribution in [2.45, 2.75) is 64.7 Å². The third-order valence-corrected chi connectivity index (χ3v) is 4.56. The number of amides is 1. The molecule has 0 bridgehead atoms. The van der Waals surface area contributed by atoms with Gasteiger partial charge in [0.1, 0.15) is 11.6 Å². The number of carboxylic acids is 1. The van der Waals surface area contributed by atoms with Crippen molar-refractivity contribution in [3.63, 3.8) is 0 Å². The first-order valence-corrected chi connectivity index (χ1v) is 9.60. The quantitative estimate of drug-likeness (QED) is 0.691. The van der Waals surface area contributed by atoms with Crippen LogP contribution in [0.2, 0.25) is 0 Å². The van der Waals surface area contributed by atoms with Crippen LogP contribution in [0.5, 0.6) is 0 Å². The van der Waals surface area contributed by atoms with Gasteiger partial charge in [0.25, 0.3) is 0 Å².